The van der Waals surface area contributed by atoms with Gasteiger partial charge in [0, 0.05) is 37.7 Å². The Bertz CT molecular complexity index is 713. The van der Waals surface area contributed by atoms with Crippen LogP contribution in [0.1, 0.15) is 25.0 Å². The minimum atomic E-state index is -0.124. The number of carbonyl (C=O) groups is 1. The summed E-state index contributed by atoms with van der Waals surface area (Å²) in [5.41, 5.74) is 2.26. The van der Waals surface area contributed by atoms with Gasteiger partial charge in [-0.3, -0.25) is 9.69 Å². The number of anilines is 1. The molecule has 2 fully saturated rings. The van der Waals surface area contributed by atoms with Gasteiger partial charge >= 0.3 is 0 Å². The second-order valence-corrected chi connectivity index (χ2v) is 7.21. The summed E-state index contributed by atoms with van der Waals surface area (Å²) in [5, 5.41) is 0. The van der Waals surface area contributed by atoms with Crippen molar-refractivity contribution in [1.82, 2.24) is 9.47 Å². The number of likely N-dealkylation sites (tertiary alicyclic amines) is 1. The van der Waals surface area contributed by atoms with Gasteiger partial charge in [0.25, 0.3) is 0 Å². The van der Waals surface area contributed by atoms with Crippen molar-refractivity contribution in [3.8, 4) is 0 Å². The van der Waals surface area contributed by atoms with Crippen molar-refractivity contribution in [2.45, 2.75) is 25.8 Å². The summed E-state index contributed by atoms with van der Waals surface area (Å²) in [7, 11) is 2.10. The van der Waals surface area contributed by atoms with Crippen molar-refractivity contribution < 1.29 is 4.79 Å². The fraction of sp³-hybridized carbons (Fsp3) is 0.450. The normalized spacial score (nSPS) is 20.9. The quantitative estimate of drug-likeness (QED) is 0.868. The van der Waals surface area contributed by atoms with Gasteiger partial charge in [-0.2, -0.15) is 0 Å². The van der Waals surface area contributed by atoms with E-state index in [-0.39, 0.29) is 5.41 Å². The Morgan fingerprint density at radius 3 is 2.33 bits per heavy atom. The lowest BCUT2D eigenvalue weighted by Crippen LogP contribution is -2.44. The smallest absolute Gasteiger partial charge is 0.233 e. The molecule has 0 bridgehead atoms. The number of carbonyl (C=O) groups excluding carboxylic acids is 1. The Kier molecular flexibility index (Phi) is 3.93. The van der Waals surface area contributed by atoms with Crippen molar-refractivity contribution in [3.05, 3.63) is 54.4 Å². The maximum atomic E-state index is 13.1. The number of piperidine rings is 1. The van der Waals surface area contributed by atoms with E-state index in [2.05, 4.69) is 34.8 Å². The van der Waals surface area contributed by atoms with Crippen LogP contribution < -0.4 is 4.90 Å². The van der Waals surface area contributed by atoms with Gasteiger partial charge in [-0.1, -0.05) is 18.2 Å². The summed E-state index contributed by atoms with van der Waals surface area (Å²) in [6.07, 6.45) is 5.07. The molecule has 2 aliphatic rings. The summed E-state index contributed by atoms with van der Waals surface area (Å²) in [5.74, 6) is 0.340. The third kappa shape index (κ3) is 2.65. The molecule has 4 rings (SSSR count). The number of aryl methyl sites for hydroxylation is 1. The van der Waals surface area contributed by atoms with E-state index >= 15 is 0 Å². The SMILES string of the molecule is Cn1cccc1CN1CCC2(CC1)CCN(c1ccccc1)C2=O. The van der Waals surface area contributed by atoms with Gasteiger partial charge in [-0.15, -0.1) is 0 Å². The fourth-order valence-electron chi connectivity index (χ4n) is 4.17. The van der Waals surface area contributed by atoms with Gasteiger partial charge in [-0.25, -0.2) is 0 Å². The topological polar surface area (TPSA) is 28.5 Å². The van der Waals surface area contributed by atoms with Crippen LogP contribution in [-0.2, 0) is 18.4 Å². The van der Waals surface area contributed by atoms with Gasteiger partial charge in [0.15, 0.2) is 0 Å². The lowest BCUT2D eigenvalue weighted by atomic mass is 9.77. The zero-order chi connectivity index (χ0) is 16.6. The number of para-hydroxylation sites is 1. The minimum Gasteiger partial charge on any atom is -0.353 e. The van der Waals surface area contributed by atoms with E-state index in [1.165, 1.54) is 5.69 Å². The first-order valence-corrected chi connectivity index (χ1v) is 8.88. The summed E-state index contributed by atoms with van der Waals surface area (Å²) >= 11 is 0. The highest BCUT2D eigenvalue weighted by atomic mass is 16.2. The van der Waals surface area contributed by atoms with Gasteiger partial charge in [0.05, 0.1) is 5.41 Å². The largest absolute Gasteiger partial charge is 0.353 e. The lowest BCUT2D eigenvalue weighted by Gasteiger charge is -2.38. The third-order valence-corrected chi connectivity index (χ3v) is 5.83. The zero-order valence-electron chi connectivity index (χ0n) is 14.3. The van der Waals surface area contributed by atoms with E-state index in [1.54, 1.807) is 0 Å². The van der Waals surface area contributed by atoms with Crippen LogP contribution in [0.25, 0.3) is 0 Å². The monoisotopic (exact) mass is 323 g/mol. The van der Waals surface area contributed by atoms with Gasteiger partial charge in [0.1, 0.15) is 0 Å². The van der Waals surface area contributed by atoms with Crippen molar-refractivity contribution in [1.29, 1.82) is 0 Å². The predicted octanol–water partition coefficient (Wildman–Crippen LogP) is 3.04. The molecule has 0 N–H and O–H groups in total. The number of benzene rings is 1. The molecule has 1 amide bonds. The zero-order valence-corrected chi connectivity index (χ0v) is 14.3. The third-order valence-electron chi connectivity index (χ3n) is 5.83. The van der Waals surface area contributed by atoms with E-state index in [4.69, 9.17) is 0 Å². The molecular weight excluding hydrogens is 298 g/mol. The number of hydrogen-bond donors (Lipinski definition) is 0. The molecular formula is C20H25N3O. The summed E-state index contributed by atoms with van der Waals surface area (Å²) in [6.45, 7) is 3.87. The Hall–Kier alpha value is -2.07. The predicted molar refractivity (Wildman–Crippen MR) is 95.8 cm³/mol. The van der Waals surface area contributed by atoms with Crippen molar-refractivity contribution in [3.63, 3.8) is 0 Å². The van der Waals surface area contributed by atoms with E-state index in [9.17, 15) is 4.79 Å². The van der Waals surface area contributed by atoms with E-state index in [0.29, 0.717) is 5.91 Å². The lowest BCUT2D eigenvalue weighted by molar-refractivity contribution is -0.128. The number of amides is 1. The second kappa shape index (κ2) is 6.10. The first-order chi connectivity index (χ1) is 11.7. The molecule has 24 heavy (non-hydrogen) atoms. The van der Waals surface area contributed by atoms with Crippen molar-refractivity contribution in [2.24, 2.45) is 12.5 Å². The summed E-state index contributed by atoms with van der Waals surface area (Å²) in [6, 6.07) is 14.4. The van der Waals surface area contributed by atoms with Crippen LogP contribution in [0.2, 0.25) is 0 Å². The minimum absolute atomic E-state index is 0.124. The van der Waals surface area contributed by atoms with Crippen molar-refractivity contribution >= 4 is 11.6 Å². The molecule has 0 aliphatic carbocycles. The highest BCUT2D eigenvalue weighted by molar-refractivity contribution is 5.99. The average molecular weight is 323 g/mol. The molecule has 0 radical (unpaired) electrons. The van der Waals surface area contributed by atoms with Gasteiger partial charge < -0.3 is 9.47 Å². The molecule has 0 saturated carbocycles. The van der Waals surface area contributed by atoms with Crippen molar-refractivity contribution in [2.75, 3.05) is 24.5 Å². The molecule has 0 atom stereocenters. The van der Waals surface area contributed by atoms with Crippen LogP contribution in [-0.4, -0.2) is 35.0 Å². The molecule has 1 aromatic carbocycles. The number of rotatable bonds is 3. The molecule has 2 aliphatic heterocycles. The first kappa shape index (κ1) is 15.5. The Balaban J connectivity index is 1.42. The molecule has 0 unspecified atom stereocenters. The van der Waals surface area contributed by atoms with E-state index in [0.717, 1.165) is 51.1 Å². The van der Waals surface area contributed by atoms with Gasteiger partial charge in [-0.05, 0) is 56.6 Å². The number of hydrogen-bond acceptors (Lipinski definition) is 2. The molecule has 1 aromatic heterocycles. The highest BCUT2D eigenvalue weighted by Gasteiger charge is 2.48. The average Bonchev–Trinajstić information content (AvgIpc) is 3.15. The van der Waals surface area contributed by atoms with E-state index < -0.39 is 0 Å². The van der Waals surface area contributed by atoms with Crippen LogP contribution >= 0.6 is 0 Å². The van der Waals surface area contributed by atoms with Crippen LogP contribution in [0.4, 0.5) is 5.69 Å². The molecule has 4 nitrogen and oxygen atoms in total. The Morgan fingerprint density at radius 1 is 0.958 bits per heavy atom. The van der Waals surface area contributed by atoms with Crippen LogP contribution in [0.3, 0.4) is 0 Å². The maximum absolute atomic E-state index is 13.1. The highest BCUT2D eigenvalue weighted by Crippen LogP contribution is 2.43. The van der Waals surface area contributed by atoms with Crippen LogP contribution in [0, 0.1) is 5.41 Å². The van der Waals surface area contributed by atoms with E-state index in [1.807, 2.05) is 35.2 Å². The second-order valence-electron chi connectivity index (χ2n) is 7.21. The standard InChI is InChI=1S/C20H25N3O/c1-21-12-5-8-18(21)16-22-13-9-20(10-14-22)11-15-23(19(20)24)17-6-3-2-4-7-17/h2-8,12H,9-11,13-16H2,1H3. The van der Waals surface area contributed by atoms with Crippen LogP contribution in [0.5, 0.6) is 0 Å². The number of aromatic nitrogens is 1. The van der Waals surface area contributed by atoms with Gasteiger partial charge in [0.2, 0.25) is 5.91 Å². The number of nitrogens with zero attached hydrogens (tertiary/aromatic N) is 3. The first-order valence-electron chi connectivity index (χ1n) is 8.88. The maximum Gasteiger partial charge on any atom is 0.233 e. The Morgan fingerprint density at radius 2 is 1.67 bits per heavy atom. The van der Waals surface area contributed by atoms with Crippen LogP contribution in [0.15, 0.2) is 48.7 Å². The Labute approximate surface area is 143 Å². The molecule has 2 saturated heterocycles. The summed E-state index contributed by atoms with van der Waals surface area (Å²) in [4.78, 5) is 17.5. The molecule has 2 aromatic rings. The summed E-state index contributed by atoms with van der Waals surface area (Å²) < 4.78 is 2.18. The molecule has 1 spiro atoms. The fourth-order valence-corrected chi connectivity index (χ4v) is 4.17. The molecule has 126 valence electrons. The molecule has 3 heterocycles. The molecule has 4 heteroatoms.